The molecule has 6 heteroatoms. The lowest BCUT2D eigenvalue weighted by molar-refractivity contribution is 0.555. The highest BCUT2D eigenvalue weighted by molar-refractivity contribution is 8.02. The average molecular weight is 336 g/mol. The van der Waals surface area contributed by atoms with Crippen molar-refractivity contribution in [1.29, 1.82) is 0 Å². The van der Waals surface area contributed by atoms with Gasteiger partial charge in [-0.3, -0.25) is 0 Å². The van der Waals surface area contributed by atoms with Crippen molar-refractivity contribution >= 4 is 34.8 Å². The number of hydrogen-bond donors (Lipinski definition) is 0. The molecule has 1 aromatic heterocycles. The summed E-state index contributed by atoms with van der Waals surface area (Å²) in [7, 11) is 0. The first kappa shape index (κ1) is 15.4. The van der Waals surface area contributed by atoms with Gasteiger partial charge in [-0.25, -0.2) is 13.8 Å². The zero-order valence-electron chi connectivity index (χ0n) is 12.1. The number of thioether (sulfide) groups is 1. The summed E-state index contributed by atoms with van der Waals surface area (Å²) in [6.07, 6.45) is 0. The van der Waals surface area contributed by atoms with Gasteiger partial charge in [0.05, 0.1) is 10.6 Å². The van der Waals surface area contributed by atoms with E-state index in [1.54, 1.807) is 4.90 Å². The Labute approximate surface area is 137 Å². The number of halogens is 2. The number of aromatic nitrogens is 1. The fourth-order valence-electron chi connectivity index (χ4n) is 2.58. The average Bonchev–Trinajstić information content (AvgIpc) is 2.79. The van der Waals surface area contributed by atoms with Crippen LogP contribution in [0.15, 0.2) is 30.3 Å². The molecule has 1 fully saturated rings. The number of benzene rings is 1. The summed E-state index contributed by atoms with van der Waals surface area (Å²) in [5.74, 6) is 0.0657. The van der Waals surface area contributed by atoms with E-state index < -0.39 is 17.0 Å². The molecule has 1 saturated heterocycles. The Bertz CT molecular complexity index is 708. The Balaban J connectivity index is 2.10. The highest BCUT2D eigenvalue weighted by Gasteiger charge is 2.35. The maximum Gasteiger partial charge on any atom is 0.135 e. The molecule has 0 N–H and O–H groups in total. The molecule has 1 aliphatic heterocycles. The summed E-state index contributed by atoms with van der Waals surface area (Å²) in [6, 6.07) is 7.75. The number of aryl methyl sites for hydroxylation is 2. The van der Waals surface area contributed by atoms with Crippen LogP contribution in [0.5, 0.6) is 0 Å². The molecule has 3 rings (SSSR count). The molecule has 0 spiro atoms. The van der Waals surface area contributed by atoms with Gasteiger partial charge < -0.3 is 4.90 Å². The minimum absolute atomic E-state index is 0.0355. The van der Waals surface area contributed by atoms with Crippen LogP contribution >= 0.6 is 24.0 Å². The van der Waals surface area contributed by atoms with Gasteiger partial charge >= 0.3 is 0 Å². The van der Waals surface area contributed by atoms with Gasteiger partial charge in [0.1, 0.15) is 22.8 Å². The molecule has 0 radical (unpaired) electrons. The summed E-state index contributed by atoms with van der Waals surface area (Å²) < 4.78 is 28.3. The van der Waals surface area contributed by atoms with E-state index in [-0.39, 0.29) is 5.56 Å². The normalized spacial score (nSPS) is 18.1. The first-order valence-electron chi connectivity index (χ1n) is 6.80. The summed E-state index contributed by atoms with van der Waals surface area (Å²) in [5, 5.41) is -0.526. The van der Waals surface area contributed by atoms with Crippen LogP contribution in [0.4, 0.5) is 14.6 Å². The first-order chi connectivity index (χ1) is 10.5. The van der Waals surface area contributed by atoms with E-state index >= 15 is 0 Å². The Morgan fingerprint density at radius 2 is 1.91 bits per heavy atom. The van der Waals surface area contributed by atoms with Crippen molar-refractivity contribution in [1.82, 2.24) is 4.98 Å². The van der Waals surface area contributed by atoms with E-state index in [0.717, 1.165) is 11.3 Å². The molecular weight excluding hydrogens is 322 g/mol. The Hall–Kier alpha value is -1.53. The van der Waals surface area contributed by atoms with Gasteiger partial charge in [0.25, 0.3) is 0 Å². The number of thiocarbonyl (C=S) groups is 1. The third-order valence-electron chi connectivity index (χ3n) is 3.45. The Kier molecular flexibility index (Phi) is 4.14. The van der Waals surface area contributed by atoms with Crippen LogP contribution < -0.4 is 4.90 Å². The quantitative estimate of drug-likeness (QED) is 0.747. The van der Waals surface area contributed by atoms with E-state index in [0.29, 0.717) is 16.6 Å². The highest BCUT2D eigenvalue weighted by Crippen LogP contribution is 2.43. The van der Waals surface area contributed by atoms with Gasteiger partial charge in [0.15, 0.2) is 0 Å². The standard InChI is InChI=1S/C16H14F2N2S2/c1-9-6-10(2)19-13(7-9)20-14(21)8-22-16(20)15-11(17)4-3-5-12(15)18/h3-7,16H,8H2,1-2H3. The van der Waals surface area contributed by atoms with Crippen LogP contribution in [0.1, 0.15) is 22.2 Å². The number of pyridine rings is 1. The van der Waals surface area contributed by atoms with Gasteiger partial charge in [0, 0.05) is 11.4 Å². The Morgan fingerprint density at radius 3 is 2.55 bits per heavy atom. The van der Waals surface area contributed by atoms with Crippen molar-refractivity contribution in [2.75, 3.05) is 10.7 Å². The number of rotatable bonds is 2. The van der Waals surface area contributed by atoms with Crippen molar-refractivity contribution in [2.45, 2.75) is 19.2 Å². The van der Waals surface area contributed by atoms with Crippen LogP contribution in [0.2, 0.25) is 0 Å². The summed E-state index contributed by atoms with van der Waals surface area (Å²) in [4.78, 5) is 6.87. The molecular formula is C16H14F2N2S2. The van der Waals surface area contributed by atoms with Crippen molar-refractivity contribution < 1.29 is 8.78 Å². The summed E-state index contributed by atoms with van der Waals surface area (Å²) in [5.41, 5.74) is 1.92. The molecule has 1 aromatic carbocycles. The first-order valence-corrected chi connectivity index (χ1v) is 8.26. The minimum atomic E-state index is -0.559. The zero-order valence-corrected chi connectivity index (χ0v) is 13.8. The SMILES string of the molecule is Cc1cc(C)nc(N2C(=S)CSC2c2c(F)cccc2F)c1. The van der Waals surface area contributed by atoms with Gasteiger partial charge in [0.2, 0.25) is 0 Å². The smallest absolute Gasteiger partial charge is 0.135 e. The third kappa shape index (κ3) is 2.73. The van der Waals surface area contributed by atoms with Gasteiger partial charge in [-0.15, -0.1) is 11.8 Å². The van der Waals surface area contributed by atoms with E-state index in [2.05, 4.69) is 4.98 Å². The largest absolute Gasteiger partial charge is 0.303 e. The minimum Gasteiger partial charge on any atom is -0.303 e. The topological polar surface area (TPSA) is 16.1 Å². The van der Waals surface area contributed by atoms with E-state index in [1.807, 2.05) is 26.0 Å². The number of hydrogen-bond acceptors (Lipinski definition) is 3. The molecule has 2 aromatic rings. The van der Waals surface area contributed by atoms with Gasteiger partial charge in [-0.1, -0.05) is 18.3 Å². The van der Waals surface area contributed by atoms with Gasteiger partial charge in [-0.05, 0) is 43.7 Å². The van der Waals surface area contributed by atoms with E-state index in [1.165, 1.54) is 30.0 Å². The van der Waals surface area contributed by atoms with Crippen molar-refractivity contribution in [3.63, 3.8) is 0 Å². The fourth-order valence-corrected chi connectivity index (χ4v) is 4.26. The van der Waals surface area contributed by atoms with Crippen LogP contribution in [0.25, 0.3) is 0 Å². The van der Waals surface area contributed by atoms with Crippen LogP contribution in [-0.2, 0) is 0 Å². The molecule has 22 heavy (non-hydrogen) atoms. The number of nitrogens with zero attached hydrogens (tertiary/aromatic N) is 2. The monoisotopic (exact) mass is 336 g/mol. The lowest BCUT2D eigenvalue weighted by Gasteiger charge is -2.26. The molecule has 0 saturated carbocycles. The second kappa shape index (κ2) is 5.93. The zero-order chi connectivity index (χ0) is 15.9. The predicted molar refractivity (Wildman–Crippen MR) is 90.3 cm³/mol. The lowest BCUT2D eigenvalue weighted by atomic mass is 10.1. The molecule has 0 amide bonds. The molecule has 0 aliphatic carbocycles. The van der Waals surface area contributed by atoms with E-state index in [4.69, 9.17) is 12.2 Å². The van der Waals surface area contributed by atoms with Crippen molar-refractivity contribution in [2.24, 2.45) is 0 Å². The molecule has 2 heterocycles. The highest BCUT2D eigenvalue weighted by atomic mass is 32.2. The van der Waals surface area contributed by atoms with Crippen molar-refractivity contribution in [3.8, 4) is 0 Å². The molecule has 1 aliphatic rings. The molecule has 1 unspecified atom stereocenters. The molecule has 1 atom stereocenters. The lowest BCUT2D eigenvalue weighted by Crippen LogP contribution is -2.28. The molecule has 114 valence electrons. The summed E-state index contributed by atoms with van der Waals surface area (Å²) in [6.45, 7) is 3.85. The molecule has 0 bridgehead atoms. The summed E-state index contributed by atoms with van der Waals surface area (Å²) >= 11 is 6.80. The maximum absolute atomic E-state index is 14.1. The Morgan fingerprint density at radius 1 is 1.23 bits per heavy atom. The molecule has 2 nitrogen and oxygen atoms in total. The van der Waals surface area contributed by atoms with Crippen LogP contribution in [0, 0.1) is 25.5 Å². The third-order valence-corrected chi connectivity index (χ3v) is 5.17. The fraction of sp³-hybridized carbons (Fsp3) is 0.250. The second-order valence-electron chi connectivity index (χ2n) is 5.21. The predicted octanol–water partition coefficient (Wildman–Crippen LogP) is 4.56. The maximum atomic E-state index is 14.1. The van der Waals surface area contributed by atoms with Gasteiger partial charge in [-0.2, -0.15) is 0 Å². The van der Waals surface area contributed by atoms with Crippen LogP contribution in [0.3, 0.4) is 0 Å². The van der Waals surface area contributed by atoms with Crippen LogP contribution in [-0.4, -0.2) is 15.7 Å². The number of anilines is 1. The van der Waals surface area contributed by atoms with E-state index in [9.17, 15) is 8.78 Å². The van der Waals surface area contributed by atoms with Crippen molar-refractivity contribution in [3.05, 3.63) is 58.8 Å². The second-order valence-corrected chi connectivity index (χ2v) is 6.75.